The molecular weight excluding hydrogens is 635 g/mol. The third kappa shape index (κ3) is 4.41. The van der Waals surface area contributed by atoms with Crippen molar-refractivity contribution >= 4 is 62.2 Å². The highest BCUT2D eigenvalue weighted by atomic mass is 35.5. The molecule has 0 spiro atoms. The summed E-state index contributed by atoms with van der Waals surface area (Å²) in [7, 11) is 1.37. The van der Waals surface area contributed by atoms with Gasteiger partial charge in [0.15, 0.2) is 6.23 Å². The zero-order chi connectivity index (χ0) is 32.6. The SMILES string of the molecule is CCN(CC)CCN1C(=O)c2c(c3c4c([nH]c3c3c2=C2C=CC=C(Cl)C2N3[C@@H]2O[C@H](CO)[C@@H](OC)[C@H](O)[C@H]2O)=C(Cl)C=CC4)C1=O. The number of nitrogens with zero attached hydrogens (tertiary/aromatic N) is 3. The average molecular weight is 672 g/mol. The van der Waals surface area contributed by atoms with Crippen molar-refractivity contribution in [1.29, 1.82) is 0 Å². The minimum atomic E-state index is -1.50. The first-order valence-corrected chi connectivity index (χ1v) is 16.3. The molecule has 11 nitrogen and oxygen atoms in total. The van der Waals surface area contributed by atoms with Crippen LogP contribution in [-0.2, 0) is 15.9 Å². The Hall–Kier alpha value is -3.00. The lowest BCUT2D eigenvalue weighted by molar-refractivity contribution is -0.235. The maximum absolute atomic E-state index is 14.4. The Bertz CT molecular complexity index is 1860. The van der Waals surface area contributed by atoms with Gasteiger partial charge in [0.25, 0.3) is 11.8 Å². The fraction of sp³-hybridized carbons (Fsp3) is 0.455. The Balaban J connectivity index is 1.52. The second-order valence-corrected chi connectivity index (χ2v) is 12.9. The number of hydrogen-bond acceptors (Lipinski definition) is 9. The number of aliphatic hydroxyl groups excluding tert-OH is 3. The van der Waals surface area contributed by atoms with Crippen LogP contribution in [0, 0.1) is 0 Å². The molecule has 1 unspecified atom stereocenters. The van der Waals surface area contributed by atoms with Crippen molar-refractivity contribution in [3.63, 3.8) is 0 Å². The molecule has 1 fully saturated rings. The van der Waals surface area contributed by atoms with Crippen LogP contribution in [0.5, 0.6) is 0 Å². The molecule has 2 aliphatic carbocycles. The van der Waals surface area contributed by atoms with E-state index < -0.39 is 49.2 Å². The summed E-state index contributed by atoms with van der Waals surface area (Å²) in [5.74, 6) is -0.788. The van der Waals surface area contributed by atoms with Crippen molar-refractivity contribution < 1.29 is 34.4 Å². The molecule has 2 aromatic rings. The molecule has 4 heterocycles. The molecule has 13 heteroatoms. The van der Waals surface area contributed by atoms with Crippen molar-refractivity contribution in [3.8, 4) is 0 Å². The summed E-state index contributed by atoms with van der Waals surface area (Å²) in [4.78, 5) is 37.4. The number of nitrogens with one attached hydrogen (secondary N) is 1. The average Bonchev–Trinajstić information content (AvgIpc) is 3.68. The van der Waals surface area contributed by atoms with Crippen LogP contribution >= 0.6 is 23.2 Å². The summed E-state index contributed by atoms with van der Waals surface area (Å²) in [5.41, 5.74) is 3.02. The van der Waals surface area contributed by atoms with Gasteiger partial charge < -0.3 is 39.6 Å². The van der Waals surface area contributed by atoms with Crippen LogP contribution in [0.1, 0.15) is 40.1 Å². The van der Waals surface area contributed by atoms with E-state index in [2.05, 4.69) is 9.88 Å². The predicted molar refractivity (Wildman–Crippen MR) is 174 cm³/mol. The molecule has 4 N–H and O–H groups in total. The summed E-state index contributed by atoms with van der Waals surface area (Å²) in [6, 6.07) is -0.729. The zero-order valence-electron chi connectivity index (χ0n) is 25.7. The molecule has 5 aliphatic rings. The topological polar surface area (TPSA) is 139 Å². The van der Waals surface area contributed by atoms with E-state index in [4.69, 9.17) is 32.7 Å². The first-order chi connectivity index (χ1) is 22.2. The molecule has 3 aliphatic heterocycles. The highest BCUT2D eigenvalue weighted by Gasteiger charge is 2.53. The van der Waals surface area contributed by atoms with Gasteiger partial charge in [-0.2, -0.15) is 0 Å². The number of halogens is 2. The number of imide groups is 1. The van der Waals surface area contributed by atoms with Crippen LogP contribution in [0.4, 0.5) is 5.69 Å². The molecule has 1 aromatic heterocycles. The molecule has 1 saturated heterocycles. The van der Waals surface area contributed by atoms with Gasteiger partial charge in [-0.15, -0.1) is 0 Å². The van der Waals surface area contributed by atoms with Gasteiger partial charge in [0.2, 0.25) is 0 Å². The van der Waals surface area contributed by atoms with Gasteiger partial charge in [-0.05, 0) is 42.8 Å². The van der Waals surface area contributed by atoms with E-state index in [9.17, 15) is 24.9 Å². The molecule has 1 aromatic carbocycles. The lowest BCUT2D eigenvalue weighted by Crippen LogP contribution is -2.65. The number of allylic oxidation sites excluding steroid dienone is 4. The van der Waals surface area contributed by atoms with E-state index in [1.807, 2.05) is 26.0 Å². The fourth-order valence-electron chi connectivity index (χ4n) is 7.64. The number of methoxy groups -OCH3 is 1. The number of benzene rings is 1. The molecular formula is C33H36Cl2N4O7. The van der Waals surface area contributed by atoms with Crippen molar-refractivity contribution in [2.24, 2.45) is 0 Å². The minimum absolute atomic E-state index is 0.218. The molecule has 0 bridgehead atoms. The van der Waals surface area contributed by atoms with Crippen LogP contribution in [0.15, 0.2) is 35.4 Å². The Morgan fingerprint density at radius 3 is 2.54 bits per heavy atom. The highest BCUT2D eigenvalue weighted by Crippen LogP contribution is 2.45. The Morgan fingerprint density at radius 1 is 1.11 bits per heavy atom. The predicted octanol–water partition coefficient (Wildman–Crippen LogP) is 1.05. The smallest absolute Gasteiger partial charge is 0.262 e. The lowest BCUT2D eigenvalue weighted by atomic mass is 9.93. The van der Waals surface area contributed by atoms with Crippen LogP contribution < -0.4 is 15.5 Å². The number of rotatable bonds is 8. The molecule has 6 atom stereocenters. The zero-order valence-corrected chi connectivity index (χ0v) is 27.2. The van der Waals surface area contributed by atoms with Gasteiger partial charge in [0.1, 0.15) is 24.4 Å². The van der Waals surface area contributed by atoms with Crippen molar-refractivity contribution in [2.75, 3.05) is 44.8 Å². The standard InChI is InChI=1S/C33H36Cl2N4O7/c1-4-37(5-2)12-13-38-31(43)22-20-15-8-6-10-17(34)24(15)36-25(20)27-21(23(22)32(38)44)16-9-7-11-18(35)26(16)39(27)33-29(42)28(41)30(45-3)19(14-40)46-33/h6-7,9-11,19,26,28-30,33,36,40-42H,4-5,8,12-14H2,1-3H3/t19-,26?,28-,29-,30-,33-/m1/s1. The molecule has 0 radical (unpaired) electrons. The largest absolute Gasteiger partial charge is 0.394 e. The van der Waals surface area contributed by atoms with E-state index in [0.717, 1.165) is 18.7 Å². The van der Waals surface area contributed by atoms with Gasteiger partial charge in [-0.25, -0.2) is 0 Å². The van der Waals surface area contributed by atoms with Gasteiger partial charge in [-0.3, -0.25) is 14.5 Å². The number of aromatic nitrogens is 1. The van der Waals surface area contributed by atoms with Crippen molar-refractivity contribution in [3.05, 3.63) is 62.7 Å². The highest BCUT2D eigenvalue weighted by molar-refractivity contribution is 6.47. The summed E-state index contributed by atoms with van der Waals surface area (Å²) >= 11 is 13.6. The van der Waals surface area contributed by atoms with E-state index in [1.165, 1.54) is 12.0 Å². The quantitative estimate of drug-likeness (QED) is 0.304. The van der Waals surface area contributed by atoms with Crippen LogP contribution in [-0.4, -0.2) is 118 Å². The van der Waals surface area contributed by atoms with Crippen LogP contribution in [0.2, 0.25) is 0 Å². The van der Waals surface area contributed by atoms with Gasteiger partial charge in [0.05, 0.1) is 45.4 Å². The number of hydrogen-bond donors (Lipinski definition) is 4. The third-order valence-corrected chi connectivity index (χ3v) is 10.5. The molecule has 46 heavy (non-hydrogen) atoms. The first-order valence-electron chi connectivity index (χ1n) is 15.5. The Morgan fingerprint density at radius 2 is 1.85 bits per heavy atom. The minimum Gasteiger partial charge on any atom is -0.394 e. The lowest BCUT2D eigenvalue weighted by Gasteiger charge is -2.47. The number of fused-ring (bicyclic) bond motifs is 9. The normalized spacial score (nSPS) is 28.4. The summed E-state index contributed by atoms with van der Waals surface area (Å²) in [6.07, 6.45) is 3.41. The fourth-order valence-corrected chi connectivity index (χ4v) is 8.19. The Labute approximate surface area is 275 Å². The molecule has 7 rings (SSSR count). The third-order valence-electron chi connectivity index (χ3n) is 9.90. The second kappa shape index (κ2) is 11.9. The Kier molecular flexibility index (Phi) is 8.18. The van der Waals surface area contributed by atoms with E-state index in [1.54, 1.807) is 23.1 Å². The summed E-state index contributed by atoms with van der Waals surface area (Å²) in [5, 5.41) is 35.4. The molecule has 2 amide bonds. The number of amides is 2. The van der Waals surface area contributed by atoms with Crippen LogP contribution in [0.3, 0.4) is 0 Å². The van der Waals surface area contributed by atoms with Gasteiger partial charge in [-0.1, -0.05) is 55.3 Å². The van der Waals surface area contributed by atoms with E-state index in [-0.39, 0.29) is 18.0 Å². The maximum atomic E-state index is 14.4. The molecule has 244 valence electrons. The summed E-state index contributed by atoms with van der Waals surface area (Å²) in [6.45, 7) is 5.90. The maximum Gasteiger partial charge on any atom is 0.262 e. The van der Waals surface area contributed by atoms with Crippen molar-refractivity contribution in [1.82, 2.24) is 14.8 Å². The number of aliphatic hydroxyl groups is 3. The number of likely N-dealkylation sites (N-methyl/N-ethyl adjacent to an activating group) is 1. The van der Waals surface area contributed by atoms with Crippen LogP contribution in [0.25, 0.3) is 21.5 Å². The van der Waals surface area contributed by atoms with E-state index >= 15 is 0 Å². The number of carbonyl (C=O) groups excluding carboxylic acids is 2. The van der Waals surface area contributed by atoms with E-state index in [0.29, 0.717) is 61.3 Å². The summed E-state index contributed by atoms with van der Waals surface area (Å²) < 4.78 is 11.7. The number of H-pyrrole nitrogens is 1. The van der Waals surface area contributed by atoms with Gasteiger partial charge >= 0.3 is 0 Å². The molecule has 0 saturated carbocycles. The van der Waals surface area contributed by atoms with Crippen molar-refractivity contribution in [2.45, 2.75) is 57.0 Å². The number of ether oxygens (including phenoxy) is 2. The second-order valence-electron chi connectivity index (χ2n) is 12.1. The number of aromatic amines is 1. The van der Waals surface area contributed by atoms with Gasteiger partial charge in [0, 0.05) is 35.8 Å². The first kappa shape index (κ1) is 31.6. The number of carbonyl (C=O) groups is 2. The number of anilines is 1. The monoisotopic (exact) mass is 670 g/mol.